The van der Waals surface area contributed by atoms with Gasteiger partial charge < -0.3 is 34.5 Å². The van der Waals surface area contributed by atoms with Gasteiger partial charge in [0.25, 0.3) is 23.3 Å². The van der Waals surface area contributed by atoms with Crippen molar-refractivity contribution in [1.29, 1.82) is 0 Å². The number of imide groups is 2. The number of ether oxygens (including phenoxy) is 2. The molecule has 66 heavy (non-hydrogen) atoms. The van der Waals surface area contributed by atoms with Crippen LogP contribution in [-0.4, -0.2) is 130 Å². The number of benzene rings is 2. The molecule has 2 aromatic carbocycles. The first-order chi connectivity index (χ1) is 31.7. The number of aromatic nitrogens is 3. The highest BCUT2D eigenvalue weighted by atomic mass is 35.5. The van der Waals surface area contributed by atoms with E-state index in [2.05, 4.69) is 49.5 Å². The Kier molecular flexibility index (Phi) is 12.5. The minimum Gasteiger partial charge on any atom is -0.478 e. The third-order valence-corrected chi connectivity index (χ3v) is 13.8. The molecule has 6 heterocycles. The molecular formula is C47H55ClN10O8. The molecular weight excluding hydrogens is 868 g/mol. The fourth-order valence-corrected chi connectivity index (χ4v) is 10.3. The summed E-state index contributed by atoms with van der Waals surface area (Å²) in [5, 5.41) is 9.19. The van der Waals surface area contributed by atoms with Gasteiger partial charge in [-0.2, -0.15) is 4.98 Å². The average molecular weight is 923 g/mol. The van der Waals surface area contributed by atoms with E-state index in [-0.39, 0.29) is 72.6 Å². The number of halogens is 1. The summed E-state index contributed by atoms with van der Waals surface area (Å²) in [7, 11) is 1.51. The van der Waals surface area contributed by atoms with E-state index in [0.29, 0.717) is 34.1 Å². The van der Waals surface area contributed by atoms with E-state index in [9.17, 15) is 28.8 Å². The van der Waals surface area contributed by atoms with Crippen LogP contribution in [0.2, 0.25) is 5.02 Å². The van der Waals surface area contributed by atoms with Crippen LogP contribution in [0.25, 0.3) is 10.9 Å². The molecule has 0 bridgehead atoms. The molecule has 4 aromatic rings. The summed E-state index contributed by atoms with van der Waals surface area (Å²) in [5.41, 5.74) is 2.55. The lowest BCUT2D eigenvalue weighted by Crippen LogP contribution is -2.62. The SMILES string of the molecule is CNC(=O)COc1cc2cc(Nc3nc(N4CCC(OC5CC(N6C[C@@H](C)N(c7ccc8c(c7)C(=O)N([C@@H]7CCC(=O)NC7=O)C8=O)[C@H](C)C6)C5)CC4)ncc3Cl)ccc2n(C(C)C)c1=O. The van der Waals surface area contributed by atoms with Gasteiger partial charge in [0.1, 0.15) is 11.1 Å². The van der Waals surface area contributed by atoms with Crippen LogP contribution in [0.5, 0.6) is 5.75 Å². The van der Waals surface area contributed by atoms with Crippen LogP contribution in [-0.2, 0) is 19.1 Å². The summed E-state index contributed by atoms with van der Waals surface area (Å²) in [6, 6.07) is 12.2. The third kappa shape index (κ3) is 8.68. The molecule has 1 aliphatic carbocycles. The van der Waals surface area contributed by atoms with Crippen LogP contribution >= 0.6 is 11.6 Å². The van der Waals surface area contributed by atoms with Gasteiger partial charge in [0, 0.05) is 80.6 Å². The summed E-state index contributed by atoms with van der Waals surface area (Å²) >= 11 is 6.61. The van der Waals surface area contributed by atoms with Gasteiger partial charge in [0.15, 0.2) is 18.2 Å². The number of hydrogen-bond acceptors (Lipinski definition) is 14. The quantitative estimate of drug-likeness (QED) is 0.169. The van der Waals surface area contributed by atoms with Crippen molar-refractivity contribution in [2.45, 2.75) is 109 Å². The lowest BCUT2D eigenvalue weighted by Gasteiger charge is -2.52. The predicted molar refractivity (Wildman–Crippen MR) is 248 cm³/mol. The van der Waals surface area contributed by atoms with Gasteiger partial charge in [-0.15, -0.1) is 0 Å². The Bertz CT molecular complexity index is 2650. The summed E-state index contributed by atoms with van der Waals surface area (Å²) in [6.07, 6.45) is 5.75. The number of rotatable bonds is 12. The summed E-state index contributed by atoms with van der Waals surface area (Å²) in [5.74, 6) is -1.25. The summed E-state index contributed by atoms with van der Waals surface area (Å²) < 4.78 is 13.9. The molecule has 348 valence electrons. The molecule has 0 spiro atoms. The second kappa shape index (κ2) is 18.3. The lowest BCUT2D eigenvalue weighted by atomic mass is 9.86. The van der Waals surface area contributed by atoms with Gasteiger partial charge in [-0.05, 0) is 102 Å². The number of piperazine rings is 1. The minimum atomic E-state index is -0.995. The number of pyridine rings is 1. The number of carbonyl (C=O) groups is 5. The Morgan fingerprint density at radius 3 is 2.35 bits per heavy atom. The van der Waals surface area contributed by atoms with Crippen LogP contribution < -0.4 is 36.0 Å². The zero-order valence-corrected chi connectivity index (χ0v) is 38.5. The highest BCUT2D eigenvalue weighted by Crippen LogP contribution is 2.37. The predicted octanol–water partition coefficient (Wildman–Crippen LogP) is 4.41. The van der Waals surface area contributed by atoms with Crippen molar-refractivity contribution in [2.75, 3.05) is 55.0 Å². The normalized spacial score (nSPS) is 23.9. The molecule has 4 fully saturated rings. The second-order valence-corrected chi connectivity index (χ2v) is 18.7. The number of piperidine rings is 2. The highest BCUT2D eigenvalue weighted by Gasteiger charge is 2.46. The Labute approximate surface area is 386 Å². The zero-order chi connectivity index (χ0) is 46.6. The van der Waals surface area contributed by atoms with Gasteiger partial charge in [-0.1, -0.05) is 11.6 Å². The number of likely N-dealkylation sites (N-methyl/N-ethyl adjacent to an activating group) is 1. The van der Waals surface area contributed by atoms with Crippen LogP contribution in [0.3, 0.4) is 0 Å². The van der Waals surface area contributed by atoms with E-state index >= 15 is 0 Å². The zero-order valence-electron chi connectivity index (χ0n) is 37.7. The maximum atomic E-state index is 13.5. The van der Waals surface area contributed by atoms with Crippen LogP contribution in [0.4, 0.5) is 23.1 Å². The molecule has 1 saturated carbocycles. The molecule has 0 radical (unpaired) electrons. The number of anilines is 4. The lowest BCUT2D eigenvalue weighted by molar-refractivity contribution is -0.136. The van der Waals surface area contributed by atoms with Crippen molar-refractivity contribution in [2.24, 2.45) is 0 Å². The molecule has 5 aliphatic rings. The van der Waals surface area contributed by atoms with Crippen molar-refractivity contribution in [3.05, 3.63) is 75.2 Å². The minimum absolute atomic E-state index is 0.0788. The van der Waals surface area contributed by atoms with Crippen LogP contribution in [0.1, 0.15) is 93.0 Å². The van der Waals surface area contributed by atoms with E-state index in [4.69, 9.17) is 26.1 Å². The number of carbonyl (C=O) groups excluding carboxylic acids is 5. The van der Waals surface area contributed by atoms with Crippen molar-refractivity contribution in [3.63, 3.8) is 0 Å². The Balaban J connectivity index is 0.765. The first-order valence-electron chi connectivity index (χ1n) is 22.8. The van der Waals surface area contributed by atoms with Gasteiger partial charge in [0.2, 0.25) is 17.8 Å². The molecule has 4 aliphatic heterocycles. The average Bonchev–Trinajstić information content (AvgIpc) is 3.52. The molecule has 3 saturated heterocycles. The smallest absolute Gasteiger partial charge is 0.293 e. The largest absolute Gasteiger partial charge is 0.478 e. The Hall–Kier alpha value is -6.11. The monoisotopic (exact) mass is 922 g/mol. The van der Waals surface area contributed by atoms with Crippen molar-refractivity contribution < 1.29 is 33.4 Å². The van der Waals surface area contributed by atoms with Gasteiger partial charge in [0.05, 0.1) is 35.0 Å². The summed E-state index contributed by atoms with van der Waals surface area (Å²) in [6.45, 7) is 11.1. The standard InChI is InChI=1S/C47H55ClN10O8/c1-25(2)56-37-9-6-29(16-28(37)17-39(46(56)64)65-24-41(60)49-5)51-42-36(48)21-50-47(53-42)54-14-12-32(13-15-54)66-33-18-31(19-33)55-22-26(3)57(27(4)23-55)30-7-8-34-35(20-30)45(63)58(44(34)62)38-10-11-40(59)52-43(38)61/h6-9,16-17,20-21,25-27,31-33,38H,10-15,18-19,22-24H2,1-5H3,(H,49,60)(H,50,51,53)(H,52,59,61)/t26-,27-,31?,33?,38-/m1/s1. The van der Waals surface area contributed by atoms with Crippen LogP contribution in [0, 0.1) is 0 Å². The Morgan fingerprint density at radius 1 is 0.924 bits per heavy atom. The molecule has 19 heteroatoms. The van der Waals surface area contributed by atoms with Gasteiger partial charge in [-0.25, -0.2) is 4.98 Å². The summed E-state index contributed by atoms with van der Waals surface area (Å²) in [4.78, 5) is 93.6. The number of hydrogen-bond donors (Lipinski definition) is 3. The molecule has 2 aromatic heterocycles. The molecule has 3 atom stereocenters. The molecule has 3 N–H and O–H groups in total. The molecule has 5 amide bonds. The van der Waals surface area contributed by atoms with Crippen LogP contribution in [0.15, 0.2) is 53.5 Å². The van der Waals surface area contributed by atoms with Gasteiger partial charge >= 0.3 is 0 Å². The number of nitrogens with one attached hydrogen (secondary N) is 3. The number of fused-ring (bicyclic) bond motifs is 2. The van der Waals surface area contributed by atoms with Crippen molar-refractivity contribution in [1.82, 2.24) is 35.0 Å². The second-order valence-electron chi connectivity index (χ2n) is 18.3. The van der Waals surface area contributed by atoms with Crippen molar-refractivity contribution >= 4 is 75.2 Å². The van der Waals surface area contributed by atoms with E-state index in [0.717, 1.165) is 73.4 Å². The third-order valence-electron chi connectivity index (χ3n) is 13.5. The van der Waals surface area contributed by atoms with E-state index in [1.807, 2.05) is 38.1 Å². The van der Waals surface area contributed by atoms with Gasteiger partial charge in [-0.3, -0.25) is 43.9 Å². The van der Waals surface area contributed by atoms with Crippen molar-refractivity contribution in [3.8, 4) is 5.75 Å². The Morgan fingerprint density at radius 2 is 1.65 bits per heavy atom. The highest BCUT2D eigenvalue weighted by molar-refractivity contribution is 6.33. The number of amides is 5. The molecule has 9 rings (SSSR count). The first kappa shape index (κ1) is 45.1. The fourth-order valence-electron chi connectivity index (χ4n) is 10.2. The van der Waals surface area contributed by atoms with E-state index in [1.54, 1.807) is 29.0 Å². The topological polar surface area (TPSA) is 201 Å². The first-order valence-corrected chi connectivity index (χ1v) is 23.2. The molecule has 0 unspecified atom stereocenters. The molecule has 18 nitrogen and oxygen atoms in total. The fraction of sp³-hybridized carbons (Fsp3) is 0.489. The maximum Gasteiger partial charge on any atom is 0.293 e. The maximum absolute atomic E-state index is 13.5. The number of nitrogens with zero attached hydrogens (tertiary/aromatic N) is 7. The van der Waals surface area contributed by atoms with E-state index < -0.39 is 29.7 Å². The van der Waals surface area contributed by atoms with E-state index in [1.165, 1.54) is 7.05 Å².